The van der Waals surface area contributed by atoms with E-state index in [1.807, 2.05) is 36.4 Å². The van der Waals surface area contributed by atoms with Crippen LogP contribution in [-0.4, -0.2) is 44.7 Å². The predicted octanol–water partition coefficient (Wildman–Crippen LogP) is 9.82. The third-order valence-corrected chi connectivity index (χ3v) is 14.8. The number of phenols is 1. The third kappa shape index (κ3) is 9.76. The highest BCUT2D eigenvalue weighted by Crippen LogP contribution is 2.54. The molecule has 4 aliphatic carbocycles. The molecule has 8 atom stereocenters. The molecule has 59 heavy (non-hydrogen) atoms. The van der Waals surface area contributed by atoms with E-state index in [9.17, 15) is 30.3 Å². The van der Waals surface area contributed by atoms with Gasteiger partial charge in [0.1, 0.15) is 11.5 Å². The molecule has 1 saturated carbocycles. The summed E-state index contributed by atoms with van der Waals surface area (Å²) in [6, 6.07) is 22.9. The molecule has 0 radical (unpaired) electrons. The van der Waals surface area contributed by atoms with Crippen molar-refractivity contribution >= 4 is 17.8 Å². The highest BCUT2D eigenvalue weighted by atomic mass is 16.4. The standard InChI is InChI=1S/C53H68O6/c1-2-3-6-17-43-32-41(24-25-49(43)56)47-30-37-14-11-20-45(29-37)53(27-26-42-31-40-16-9-10-21-46(40)51(57)48(42)33-53)50(52(58)59)44(35-55)19-12-18-39(47)15-8-5-4-7-13-36-22-23-38(28-36)34-54/h9-12,14,16,19-21,24-25,28-29,31-32,36,39,42,44,47-48,50,54-57H,2-8,13,15,17-18,22-23,26-27,30,33-35H2,1H3,(H,58,59)/b19-12+/t36-,39+,42+,44-,47-,48+,50+,53-/m0/s1. The molecule has 0 aromatic heterocycles. The summed E-state index contributed by atoms with van der Waals surface area (Å²) in [5.41, 5.74) is 4.81. The highest BCUT2D eigenvalue weighted by molar-refractivity contribution is 5.74. The van der Waals surface area contributed by atoms with Crippen molar-refractivity contribution in [2.75, 3.05) is 13.2 Å². The second-order valence-electron chi connectivity index (χ2n) is 18.5. The van der Waals surface area contributed by atoms with E-state index in [4.69, 9.17) is 0 Å². The van der Waals surface area contributed by atoms with Gasteiger partial charge in [0.2, 0.25) is 0 Å². The number of phenolic OH excluding ortho intramolecular Hbond substituents is 1. The number of rotatable bonds is 15. The molecular weight excluding hydrogens is 733 g/mol. The SMILES string of the molecule is CCCCCc1cc([C@H]2Cc3cccc(c3)[C@@]3(CC[C@@H]4C=c5ccccc5=C(O)[C@@H]4C3)[C@@H](C(=O)O)[C@H](CO)/C=C/C[C@H]2CCCCCC[C@@H]2C=C(CO)CC2)ccc1O. The van der Waals surface area contributed by atoms with Crippen molar-refractivity contribution in [2.24, 2.45) is 35.5 Å². The molecule has 0 heterocycles. The quantitative estimate of drug-likeness (QED) is 0.0772. The van der Waals surface area contributed by atoms with Gasteiger partial charge in [-0.3, -0.25) is 4.79 Å². The lowest BCUT2D eigenvalue weighted by Gasteiger charge is -2.49. The molecular formula is C53H68O6. The number of carboxylic acids is 1. The number of allylic oxidation sites excluding steroid dienone is 2. The number of unbranched alkanes of at least 4 members (excludes halogenated alkanes) is 5. The highest BCUT2D eigenvalue weighted by Gasteiger charge is 2.53. The van der Waals surface area contributed by atoms with Crippen LogP contribution < -0.4 is 10.4 Å². The van der Waals surface area contributed by atoms with E-state index in [0.29, 0.717) is 30.3 Å². The molecule has 0 unspecified atom stereocenters. The summed E-state index contributed by atoms with van der Waals surface area (Å²) in [5, 5.41) is 56.5. The van der Waals surface area contributed by atoms with Crippen LogP contribution in [0.25, 0.3) is 11.8 Å². The molecule has 4 aliphatic rings. The van der Waals surface area contributed by atoms with Gasteiger partial charge in [-0.1, -0.05) is 130 Å². The molecule has 0 amide bonds. The Morgan fingerprint density at radius 3 is 2.46 bits per heavy atom. The van der Waals surface area contributed by atoms with Crippen molar-refractivity contribution in [2.45, 2.75) is 127 Å². The summed E-state index contributed by atoms with van der Waals surface area (Å²) in [7, 11) is 0. The zero-order valence-corrected chi connectivity index (χ0v) is 35.3. The Labute approximate surface area is 352 Å². The maximum Gasteiger partial charge on any atom is 0.308 e. The van der Waals surface area contributed by atoms with E-state index in [1.54, 1.807) is 0 Å². The van der Waals surface area contributed by atoms with Crippen LogP contribution in [-0.2, 0) is 23.1 Å². The fourth-order valence-electron chi connectivity index (χ4n) is 11.6. The van der Waals surface area contributed by atoms with Crippen LogP contribution in [0, 0.1) is 35.5 Å². The first-order chi connectivity index (χ1) is 28.7. The van der Waals surface area contributed by atoms with Crippen LogP contribution in [0.4, 0.5) is 0 Å². The summed E-state index contributed by atoms with van der Waals surface area (Å²) in [6.07, 6.45) is 25.4. The lowest BCUT2D eigenvalue weighted by molar-refractivity contribution is -0.148. The zero-order chi connectivity index (χ0) is 41.4. The lowest BCUT2D eigenvalue weighted by atomic mass is 9.53. The van der Waals surface area contributed by atoms with Crippen molar-refractivity contribution in [1.29, 1.82) is 0 Å². The Hall–Kier alpha value is -4.13. The summed E-state index contributed by atoms with van der Waals surface area (Å²) in [4.78, 5) is 13.7. The predicted molar refractivity (Wildman–Crippen MR) is 237 cm³/mol. The summed E-state index contributed by atoms with van der Waals surface area (Å²) in [6.45, 7) is 2.13. The maximum atomic E-state index is 13.7. The van der Waals surface area contributed by atoms with E-state index >= 15 is 0 Å². The molecule has 6 heteroatoms. The number of aryl methyl sites for hydroxylation is 1. The minimum absolute atomic E-state index is 0.113. The lowest BCUT2D eigenvalue weighted by Crippen LogP contribution is -2.51. The van der Waals surface area contributed by atoms with Crippen LogP contribution in [0.5, 0.6) is 5.75 Å². The van der Waals surface area contributed by atoms with E-state index < -0.39 is 23.2 Å². The van der Waals surface area contributed by atoms with Crippen molar-refractivity contribution in [3.63, 3.8) is 0 Å². The Morgan fingerprint density at radius 2 is 1.68 bits per heavy atom. The average molecular weight is 801 g/mol. The van der Waals surface area contributed by atoms with Gasteiger partial charge in [-0.15, -0.1) is 0 Å². The van der Waals surface area contributed by atoms with E-state index in [0.717, 1.165) is 98.6 Å². The van der Waals surface area contributed by atoms with Gasteiger partial charge in [0.05, 0.1) is 19.1 Å². The normalized spacial score (nSPS) is 28.4. The summed E-state index contributed by atoms with van der Waals surface area (Å²) < 4.78 is 0. The zero-order valence-electron chi connectivity index (χ0n) is 35.3. The van der Waals surface area contributed by atoms with Gasteiger partial charge in [0.15, 0.2) is 0 Å². The monoisotopic (exact) mass is 801 g/mol. The number of hydrogen-bond donors (Lipinski definition) is 5. The number of aromatic hydroxyl groups is 1. The van der Waals surface area contributed by atoms with E-state index in [1.165, 1.54) is 36.0 Å². The van der Waals surface area contributed by atoms with Crippen molar-refractivity contribution in [1.82, 2.24) is 0 Å². The van der Waals surface area contributed by atoms with Crippen LogP contribution in [0.2, 0.25) is 0 Å². The van der Waals surface area contributed by atoms with Crippen molar-refractivity contribution in [3.8, 4) is 5.75 Å². The van der Waals surface area contributed by atoms with E-state index in [2.05, 4.69) is 61.5 Å². The number of fused-ring (bicyclic) bond motifs is 5. The molecule has 6 nitrogen and oxygen atoms in total. The Balaban J connectivity index is 1.23. The minimum atomic E-state index is -0.899. The number of aliphatic hydroxyl groups excluding tert-OH is 3. The van der Waals surface area contributed by atoms with Gasteiger partial charge >= 0.3 is 5.97 Å². The van der Waals surface area contributed by atoms with Gasteiger partial charge in [-0.05, 0) is 133 Å². The second kappa shape index (κ2) is 20.0. The van der Waals surface area contributed by atoms with Crippen molar-refractivity contribution in [3.05, 3.63) is 123 Å². The van der Waals surface area contributed by atoms with Crippen LogP contribution >= 0.6 is 0 Å². The summed E-state index contributed by atoms with van der Waals surface area (Å²) in [5.74, 6) is -0.691. The number of carbonyl (C=O) groups is 1. The van der Waals surface area contributed by atoms with Crippen LogP contribution in [0.1, 0.15) is 131 Å². The van der Waals surface area contributed by atoms with Crippen LogP contribution in [0.3, 0.4) is 0 Å². The molecule has 5 N–H and O–H groups in total. The smallest absolute Gasteiger partial charge is 0.308 e. The number of carboxylic acid groups (broad SMARTS) is 1. The third-order valence-electron chi connectivity index (χ3n) is 14.8. The van der Waals surface area contributed by atoms with Gasteiger partial charge in [-0.25, -0.2) is 0 Å². The largest absolute Gasteiger partial charge is 0.511 e. The fourth-order valence-corrected chi connectivity index (χ4v) is 11.6. The second-order valence-corrected chi connectivity index (χ2v) is 18.5. The molecule has 0 saturated heterocycles. The number of hydrogen-bond acceptors (Lipinski definition) is 5. The van der Waals surface area contributed by atoms with Gasteiger partial charge in [0.25, 0.3) is 0 Å². The first-order valence-corrected chi connectivity index (χ1v) is 23.0. The Kier molecular flexibility index (Phi) is 14.5. The first-order valence-electron chi connectivity index (χ1n) is 23.0. The molecule has 3 aromatic carbocycles. The molecule has 7 rings (SSSR count). The molecule has 316 valence electrons. The minimum Gasteiger partial charge on any atom is -0.511 e. The maximum absolute atomic E-state index is 13.7. The molecule has 0 aliphatic heterocycles. The topological polar surface area (TPSA) is 118 Å². The van der Waals surface area contributed by atoms with Crippen LogP contribution in [0.15, 0.2) is 90.5 Å². The molecule has 2 bridgehead atoms. The Bertz CT molecular complexity index is 2080. The molecule has 1 spiro atoms. The average Bonchev–Trinajstić information content (AvgIpc) is 3.72. The first kappa shape index (κ1) is 43.0. The van der Waals surface area contributed by atoms with Gasteiger partial charge in [-0.2, -0.15) is 0 Å². The van der Waals surface area contributed by atoms with Gasteiger partial charge in [0, 0.05) is 22.5 Å². The van der Waals surface area contributed by atoms with Gasteiger partial charge < -0.3 is 25.5 Å². The molecule has 1 fully saturated rings. The number of aliphatic hydroxyl groups is 3. The Morgan fingerprint density at radius 1 is 0.847 bits per heavy atom. The van der Waals surface area contributed by atoms with Crippen molar-refractivity contribution < 1.29 is 30.3 Å². The van der Waals surface area contributed by atoms with E-state index in [-0.39, 0.29) is 36.9 Å². The number of aliphatic carboxylic acids is 1. The summed E-state index contributed by atoms with van der Waals surface area (Å²) >= 11 is 0. The fraction of sp³-hybridized carbons (Fsp3) is 0.528. The molecule has 3 aromatic rings. The number of benzene rings is 3.